The maximum atomic E-state index is 12.2. The molecule has 0 bridgehead atoms. The van der Waals surface area contributed by atoms with Gasteiger partial charge in [0.05, 0.1) is 0 Å². The second-order valence-electron chi connectivity index (χ2n) is 6.00. The minimum Gasteiger partial charge on any atom is -0.447 e. The van der Waals surface area contributed by atoms with Crippen molar-refractivity contribution in [3.8, 4) is 6.07 Å². The molecular weight excluding hydrogens is 242 g/mol. The van der Waals surface area contributed by atoms with E-state index in [9.17, 15) is 4.79 Å². The Bertz CT molecular complexity index is 499. The molecule has 0 saturated carbocycles. The van der Waals surface area contributed by atoms with Crippen LogP contribution < -0.4 is 0 Å². The third-order valence-corrected chi connectivity index (χ3v) is 3.41. The van der Waals surface area contributed by atoms with Gasteiger partial charge < -0.3 is 9.32 Å². The Hall–Kier alpha value is -1.83. The zero-order valence-electron chi connectivity index (χ0n) is 11.6. The van der Waals surface area contributed by atoms with Crippen LogP contribution >= 0.6 is 0 Å². The zero-order valence-corrected chi connectivity index (χ0v) is 11.6. The number of hydrogen-bond acceptors (Lipinski definition) is 4. The number of carbonyl (C=O) groups is 1. The molecule has 19 heavy (non-hydrogen) atoms. The van der Waals surface area contributed by atoms with E-state index in [0.717, 1.165) is 25.9 Å². The summed E-state index contributed by atoms with van der Waals surface area (Å²) in [6, 6.07) is 1.96. The van der Waals surface area contributed by atoms with Gasteiger partial charge in [0.2, 0.25) is 5.91 Å². The Kier molecular flexibility index (Phi) is 3.61. The first-order chi connectivity index (χ1) is 8.91. The molecule has 1 aromatic heterocycles. The standard InChI is InChI=1S/C14H19N3O2/c1-14(2,3)13(18)17-6-4-10(5-7-17)12-16-11(8-15)9-19-12/h9-10H,4-7H2,1-3H3. The van der Waals surface area contributed by atoms with Crippen LogP contribution in [0.15, 0.2) is 10.7 Å². The number of oxazole rings is 1. The van der Waals surface area contributed by atoms with Gasteiger partial charge in [-0.15, -0.1) is 0 Å². The first kappa shape index (κ1) is 13.6. The first-order valence-corrected chi connectivity index (χ1v) is 6.56. The third kappa shape index (κ3) is 2.95. The van der Waals surface area contributed by atoms with Crippen LogP contribution in [0.25, 0.3) is 0 Å². The normalized spacial score (nSPS) is 17.3. The summed E-state index contributed by atoms with van der Waals surface area (Å²) in [6.07, 6.45) is 3.07. The number of aromatic nitrogens is 1. The molecule has 1 aliphatic heterocycles. The van der Waals surface area contributed by atoms with Crippen molar-refractivity contribution in [3.05, 3.63) is 17.8 Å². The van der Waals surface area contributed by atoms with Crippen molar-refractivity contribution in [3.63, 3.8) is 0 Å². The molecular formula is C14H19N3O2. The second-order valence-corrected chi connectivity index (χ2v) is 6.00. The lowest BCUT2D eigenvalue weighted by Gasteiger charge is -2.34. The fraction of sp³-hybridized carbons (Fsp3) is 0.643. The molecule has 102 valence electrons. The molecule has 1 amide bonds. The van der Waals surface area contributed by atoms with Gasteiger partial charge in [0.15, 0.2) is 11.6 Å². The number of carbonyl (C=O) groups excluding carboxylic acids is 1. The van der Waals surface area contributed by atoms with Gasteiger partial charge in [0, 0.05) is 24.4 Å². The zero-order chi connectivity index (χ0) is 14.0. The van der Waals surface area contributed by atoms with Crippen LogP contribution in [0.1, 0.15) is 51.1 Å². The van der Waals surface area contributed by atoms with Crippen molar-refractivity contribution in [2.75, 3.05) is 13.1 Å². The summed E-state index contributed by atoms with van der Waals surface area (Å²) in [6.45, 7) is 7.27. The number of nitrogens with zero attached hydrogens (tertiary/aromatic N) is 3. The molecule has 1 aromatic rings. The number of nitriles is 1. The fourth-order valence-electron chi connectivity index (χ4n) is 2.33. The predicted octanol–water partition coefficient (Wildman–Crippen LogP) is 2.30. The average molecular weight is 261 g/mol. The highest BCUT2D eigenvalue weighted by atomic mass is 16.3. The van der Waals surface area contributed by atoms with Crippen LogP contribution in [0.2, 0.25) is 0 Å². The van der Waals surface area contributed by atoms with E-state index in [-0.39, 0.29) is 17.2 Å². The Morgan fingerprint density at radius 2 is 2.11 bits per heavy atom. The largest absolute Gasteiger partial charge is 0.447 e. The molecule has 0 unspecified atom stereocenters. The molecule has 5 heteroatoms. The summed E-state index contributed by atoms with van der Waals surface area (Å²) >= 11 is 0. The summed E-state index contributed by atoms with van der Waals surface area (Å²) in [7, 11) is 0. The lowest BCUT2D eigenvalue weighted by Crippen LogP contribution is -2.43. The molecule has 0 aromatic carbocycles. The third-order valence-electron chi connectivity index (χ3n) is 3.41. The second kappa shape index (κ2) is 5.04. The number of likely N-dealkylation sites (tertiary alicyclic amines) is 1. The van der Waals surface area contributed by atoms with Gasteiger partial charge in [-0.2, -0.15) is 5.26 Å². The SMILES string of the molecule is CC(C)(C)C(=O)N1CCC(c2nc(C#N)co2)CC1. The Morgan fingerprint density at radius 3 is 2.58 bits per heavy atom. The van der Waals surface area contributed by atoms with Gasteiger partial charge in [-0.1, -0.05) is 20.8 Å². The smallest absolute Gasteiger partial charge is 0.227 e. The number of amides is 1. The van der Waals surface area contributed by atoms with E-state index in [1.165, 1.54) is 6.26 Å². The van der Waals surface area contributed by atoms with Gasteiger partial charge in [-0.25, -0.2) is 4.98 Å². The van der Waals surface area contributed by atoms with Crippen LogP contribution in [0.4, 0.5) is 0 Å². The summed E-state index contributed by atoms with van der Waals surface area (Å²) in [5, 5.41) is 8.73. The predicted molar refractivity (Wildman–Crippen MR) is 69.2 cm³/mol. The highest BCUT2D eigenvalue weighted by Crippen LogP contribution is 2.29. The molecule has 0 radical (unpaired) electrons. The summed E-state index contributed by atoms with van der Waals surface area (Å²) in [5.74, 6) is 1.03. The van der Waals surface area contributed by atoms with Crippen LogP contribution in [0.3, 0.4) is 0 Å². The molecule has 0 spiro atoms. The number of rotatable bonds is 1. The maximum absolute atomic E-state index is 12.2. The van der Waals surface area contributed by atoms with Crippen molar-refractivity contribution in [2.24, 2.45) is 5.41 Å². The van der Waals surface area contributed by atoms with E-state index in [0.29, 0.717) is 11.6 Å². The highest BCUT2D eigenvalue weighted by Gasteiger charge is 2.31. The van der Waals surface area contributed by atoms with E-state index in [4.69, 9.17) is 9.68 Å². The molecule has 0 atom stereocenters. The molecule has 5 nitrogen and oxygen atoms in total. The van der Waals surface area contributed by atoms with Gasteiger partial charge in [-0.3, -0.25) is 4.79 Å². The van der Waals surface area contributed by atoms with Gasteiger partial charge in [0.1, 0.15) is 12.3 Å². The molecule has 1 aliphatic rings. The van der Waals surface area contributed by atoms with E-state index in [1.54, 1.807) is 0 Å². The van der Waals surface area contributed by atoms with E-state index < -0.39 is 0 Å². The molecule has 0 aliphatic carbocycles. The Labute approximate surface area is 113 Å². The lowest BCUT2D eigenvalue weighted by molar-refractivity contribution is -0.140. The summed E-state index contributed by atoms with van der Waals surface area (Å²) < 4.78 is 5.32. The fourth-order valence-corrected chi connectivity index (χ4v) is 2.33. The lowest BCUT2D eigenvalue weighted by atomic mass is 9.91. The van der Waals surface area contributed by atoms with Crippen molar-refractivity contribution >= 4 is 5.91 Å². The van der Waals surface area contributed by atoms with Crippen LogP contribution in [-0.4, -0.2) is 28.9 Å². The Morgan fingerprint density at radius 1 is 1.47 bits per heavy atom. The van der Waals surface area contributed by atoms with E-state index >= 15 is 0 Å². The maximum Gasteiger partial charge on any atom is 0.227 e. The highest BCUT2D eigenvalue weighted by molar-refractivity contribution is 5.81. The van der Waals surface area contributed by atoms with Crippen molar-refractivity contribution in [1.29, 1.82) is 5.26 Å². The van der Waals surface area contributed by atoms with Crippen LogP contribution in [-0.2, 0) is 4.79 Å². The monoisotopic (exact) mass is 261 g/mol. The van der Waals surface area contributed by atoms with Gasteiger partial charge >= 0.3 is 0 Å². The van der Waals surface area contributed by atoms with Crippen molar-refractivity contribution in [1.82, 2.24) is 9.88 Å². The molecule has 2 heterocycles. The molecule has 0 N–H and O–H groups in total. The topological polar surface area (TPSA) is 70.1 Å². The van der Waals surface area contributed by atoms with E-state index in [1.807, 2.05) is 31.7 Å². The average Bonchev–Trinajstić information content (AvgIpc) is 2.86. The Balaban J connectivity index is 1.96. The minimum absolute atomic E-state index is 0.191. The summed E-state index contributed by atoms with van der Waals surface area (Å²) in [5.41, 5.74) is -0.00721. The minimum atomic E-state index is -0.330. The molecule has 1 fully saturated rings. The van der Waals surface area contributed by atoms with Crippen LogP contribution in [0, 0.1) is 16.7 Å². The quantitative estimate of drug-likeness (QED) is 0.777. The van der Waals surface area contributed by atoms with Gasteiger partial charge in [-0.05, 0) is 12.8 Å². The first-order valence-electron chi connectivity index (χ1n) is 6.56. The number of piperidine rings is 1. The van der Waals surface area contributed by atoms with E-state index in [2.05, 4.69) is 4.98 Å². The van der Waals surface area contributed by atoms with Crippen LogP contribution in [0.5, 0.6) is 0 Å². The number of hydrogen-bond donors (Lipinski definition) is 0. The molecule has 1 saturated heterocycles. The van der Waals surface area contributed by atoms with Gasteiger partial charge in [0.25, 0.3) is 0 Å². The van der Waals surface area contributed by atoms with Crippen molar-refractivity contribution in [2.45, 2.75) is 39.5 Å². The molecule has 2 rings (SSSR count). The summed E-state index contributed by atoms with van der Waals surface area (Å²) in [4.78, 5) is 18.2. The van der Waals surface area contributed by atoms with Crippen molar-refractivity contribution < 1.29 is 9.21 Å².